The van der Waals surface area contributed by atoms with Gasteiger partial charge in [0.15, 0.2) is 0 Å². The molecule has 0 radical (unpaired) electrons. The molecule has 2 rings (SSSR count). The van der Waals surface area contributed by atoms with Crippen LogP contribution in [0.1, 0.15) is 41.6 Å². The number of aromatic carboxylic acids is 1. The predicted molar refractivity (Wildman–Crippen MR) is 81.5 cm³/mol. The van der Waals surface area contributed by atoms with Gasteiger partial charge in [-0.25, -0.2) is 17.9 Å². The largest absolute Gasteiger partial charge is 0.478 e. The fraction of sp³-hybridized carbons (Fsp3) is 0.533. The number of nitrogens with one attached hydrogen (secondary N) is 1. The van der Waals surface area contributed by atoms with Gasteiger partial charge in [0.05, 0.1) is 16.6 Å². The number of carboxylic acids is 1. The molecule has 0 spiro atoms. The van der Waals surface area contributed by atoms with E-state index in [1.807, 2.05) is 0 Å². The molecule has 1 aliphatic heterocycles. The van der Waals surface area contributed by atoms with Crippen LogP contribution >= 0.6 is 0 Å². The van der Waals surface area contributed by atoms with Crippen LogP contribution in [0, 0.1) is 6.92 Å². The van der Waals surface area contributed by atoms with Crippen LogP contribution in [0.4, 0.5) is 0 Å². The van der Waals surface area contributed by atoms with Crippen molar-refractivity contribution in [1.82, 2.24) is 4.72 Å². The Bertz CT molecular complexity index is 635. The Morgan fingerprint density at radius 2 is 2.18 bits per heavy atom. The lowest BCUT2D eigenvalue weighted by Gasteiger charge is -2.22. The van der Waals surface area contributed by atoms with Gasteiger partial charge in [-0.05, 0) is 50.3 Å². The van der Waals surface area contributed by atoms with E-state index in [2.05, 4.69) is 4.72 Å². The summed E-state index contributed by atoms with van der Waals surface area (Å²) in [6.07, 6.45) is 3.84. The lowest BCUT2D eigenvalue weighted by molar-refractivity contribution is 0.0123. The van der Waals surface area contributed by atoms with Crippen LogP contribution in [0.3, 0.4) is 0 Å². The highest BCUT2D eigenvalue weighted by Gasteiger charge is 2.19. The summed E-state index contributed by atoms with van der Waals surface area (Å²) in [4.78, 5) is 11.1. The zero-order valence-electron chi connectivity index (χ0n) is 12.5. The first-order chi connectivity index (χ1) is 10.4. The van der Waals surface area contributed by atoms with E-state index in [4.69, 9.17) is 9.84 Å². The maximum absolute atomic E-state index is 12.2. The highest BCUT2D eigenvalue weighted by molar-refractivity contribution is 7.89. The fourth-order valence-corrected chi connectivity index (χ4v) is 3.54. The Morgan fingerprint density at radius 3 is 2.82 bits per heavy atom. The van der Waals surface area contributed by atoms with Gasteiger partial charge < -0.3 is 9.84 Å². The van der Waals surface area contributed by atoms with Crippen LogP contribution < -0.4 is 4.72 Å². The third-order valence-corrected chi connectivity index (χ3v) is 5.24. The van der Waals surface area contributed by atoms with Crippen molar-refractivity contribution < 1.29 is 23.1 Å². The average molecular weight is 327 g/mol. The Hall–Kier alpha value is -1.44. The summed E-state index contributed by atoms with van der Waals surface area (Å²) < 4.78 is 32.5. The van der Waals surface area contributed by atoms with Gasteiger partial charge in [0.1, 0.15) is 0 Å². The van der Waals surface area contributed by atoms with Gasteiger partial charge in [0.2, 0.25) is 10.0 Å². The Kier molecular flexibility index (Phi) is 5.55. The molecule has 1 aromatic rings. The van der Waals surface area contributed by atoms with Gasteiger partial charge in [-0.15, -0.1) is 0 Å². The van der Waals surface area contributed by atoms with E-state index >= 15 is 0 Å². The normalized spacial score (nSPS) is 19.0. The van der Waals surface area contributed by atoms with Crippen LogP contribution in [0.2, 0.25) is 0 Å². The maximum Gasteiger partial charge on any atom is 0.335 e. The molecule has 1 atom stereocenters. The fourth-order valence-electron chi connectivity index (χ4n) is 2.47. The summed E-state index contributed by atoms with van der Waals surface area (Å²) in [5.41, 5.74) is 0.528. The summed E-state index contributed by atoms with van der Waals surface area (Å²) in [5, 5.41) is 9.07. The first kappa shape index (κ1) is 16.9. The lowest BCUT2D eigenvalue weighted by atomic mass is 10.1. The van der Waals surface area contributed by atoms with E-state index < -0.39 is 16.0 Å². The number of benzene rings is 1. The van der Waals surface area contributed by atoms with E-state index in [9.17, 15) is 13.2 Å². The third kappa shape index (κ3) is 4.28. The second-order valence-corrected chi connectivity index (χ2v) is 7.22. The highest BCUT2D eigenvalue weighted by Crippen LogP contribution is 2.17. The van der Waals surface area contributed by atoms with Gasteiger partial charge in [0, 0.05) is 13.2 Å². The Balaban J connectivity index is 2.00. The van der Waals surface area contributed by atoms with Crippen LogP contribution in [-0.2, 0) is 14.8 Å². The van der Waals surface area contributed by atoms with E-state index in [-0.39, 0.29) is 23.1 Å². The molecule has 2 N–H and O–H groups in total. The van der Waals surface area contributed by atoms with Crippen LogP contribution in [0.15, 0.2) is 23.1 Å². The third-order valence-electron chi connectivity index (χ3n) is 3.78. The van der Waals surface area contributed by atoms with Crippen molar-refractivity contribution >= 4 is 16.0 Å². The summed E-state index contributed by atoms with van der Waals surface area (Å²) in [7, 11) is -3.70. The van der Waals surface area contributed by atoms with Gasteiger partial charge in [0.25, 0.3) is 0 Å². The van der Waals surface area contributed by atoms with E-state index in [1.165, 1.54) is 18.2 Å². The molecule has 1 unspecified atom stereocenters. The highest BCUT2D eigenvalue weighted by atomic mass is 32.2. The zero-order valence-corrected chi connectivity index (χ0v) is 13.4. The quantitative estimate of drug-likeness (QED) is 0.833. The van der Waals surface area contributed by atoms with Crippen molar-refractivity contribution in [3.63, 3.8) is 0 Å². The average Bonchev–Trinajstić information content (AvgIpc) is 2.48. The minimum atomic E-state index is -3.70. The first-order valence-corrected chi connectivity index (χ1v) is 8.83. The van der Waals surface area contributed by atoms with Crippen molar-refractivity contribution in [1.29, 1.82) is 0 Å². The molecule has 1 fully saturated rings. The van der Waals surface area contributed by atoms with Gasteiger partial charge in [-0.2, -0.15) is 0 Å². The van der Waals surface area contributed by atoms with Crippen molar-refractivity contribution in [3.8, 4) is 0 Å². The minimum Gasteiger partial charge on any atom is -0.478 e. The molecule has 1 saturated heterocycles. The van der Waals surface area contributed by atoms with E-state index in [0.717, 1.165) is 25.9 Å². The smallest absolute Gasteiger partial charge is 0.335 e. The van der Waals surface area contributed by atoms with Crippen molar-refractivity contribution in [2.75, 3.05) is 13.2 Å². The molecule has 0 aliphatic carbocycles. The molecule has 0 aromatic heterocycles. The summed E-state index contributed by atoms with van der Waals surface area (Å²) >= 11 is 0. The summed E-state index contributed by atoms with van der Waals surface area (Å²) in [6, 6.07) is 4.11. The maximum atomic E-state index is 12.2. The number of hydrogen-bond acceptors (Lipinski definition) is 4. The molecule has 122 valence electrons. The van der Waals surface area contributed by atoms with Crippen LogP contribution in [0.5, 0.6) is 0 Å². The molecule has 0 amide bonds. The molecule has 0 saturated carbocycles. The van der Waals surface area contributed by atoms with Crippen molar-refractivity contribution in [2.24, 2.45) is 0 Å². The Morgan fingerprint density at radius 1 is 1.41 bits per heavy atom. The number of rotatable bonds is 6. The molecular weight excluding hydrogens is 306 g/mol. The molecule has 0 bridgehead atoms. The van der Waals surface area contributed by atoms with Crippen molar-refractivity contribution in [3.05, 3.63) is 29.3 Å². The number of ether oxygens (including phenoxy) is 1. The van der Waals surface area contributed by atoms with E-state index in [1.54, 1.807) is 6.92 Å². The van der Waals surface area contributed by atoms with Crippen molar-refractivity contribution in [2.45, 2.75) is 43.6 Å². The summed E-state index contributed by atoms with van der Waals surface area (Å²) in [5.74, 6) is -1.13. The molecule has 1 heterocycles. The van der Waals surface area contributed by atoms with E-state index in [0.29, 0.717) is 12.0 Å². The Labute approximate surface area is 130 Å². The molecule has 7 heteroatoms. The zero-order chi connectivity index (χ0) is 16.2. The SMILES string of the molecule is Cc1ccc(S(=O)(=O)NCCC2CCCCO2)cc1C(=O)O. The predicted octanol–water partition coefficient (Wildman–Crippen LogP) is 1.93. The number of sulfonamides is 1. The molecule has 1 aromatic carbocycles. The molecule has 1 aliphatic rings. The van der Waals surface area contributed by atoms with Crippen LogP contribution in [-0.4, -0.2) is 38.7 Å². The van der Waals surface area contributed by atoms with Crippen LogP contribution in [0.25, 0.3) is 0 Å². The van der Waals surface area contributed by atoms with Gasteiger partial charge >= 0.3 is 5.97 Å². The number of aryl methyl sites for hydroxylation is 1. The topological polar surface area (TPSA) is 92.7 Å². The van der Waals surface area contributed by atoms with Gasteiger partial charge in [-0.1, -0.05) is 6.07 Å². The first-order valence-electron chi connectivity index (χ1n) is 7.35. The summed E-state index contributed by atoms with van der Waals surface area (Å²) in [6.45, 7) is 2.65. The monoisotopic (exact) mass is 327 g/mol. The second kappa shape index (κ2) is 7.21. The van der Waals surface area contributed by atoms with Gasteiger partial charge in [-0.3, -0.25) is 0 Å². The standard InChI is InChI=1S/C15H21NO5S/c1-11-5-6-13(10-14(11)15(17)18)22(19,20)16-8-7-12-4-2-3-9-21-12/h5-6,10,12,16H,2-4,7-9H2,1H3,(H,17,18). The molecular formula is C15H21NO5S. The number of carbonyl (C=O) groups is 1. The number of hydrogen-bond donors (Lipinski definition) is 2. The second-order valence-electron chi connectivity index (χ2n) is 5.46. The minimum absolute atomic E-state index is 0.00140. The molecule has 6 nitrogen and oxygen atoms in total. The number of carboxylic acid groups (broad SMARTS) is 1. The lowest BCUT2D eigenvalue weighted by Crippen LogP contribution is -2.29. The molecule has 22 heavy (non-hydrogen) atoms.